The highest BCUT2D eigenvalue weighted by molar-refractivity contribution is 5.87. The number of fused-ring (bicyclic) bond motifs is 3. The Kier molecular flexibility index (Phi) is 11.4. The van der Waals surface area contributed by atoms with Gasteiger partial charge in [0.2, 0.25) is 6.29 Å². The first-order valence-corrected chi connectivity index (χ1v) is 19.8. The van der Waals surface area contributed by atoms with E-state index in [9.17, 15) is 55.5 Å². The lowest BCUT2D eigenvalue weighted by atomic mass is 9.41. The topological polar surface area (TPSA) is 262 Å². The highest BCUT2D eigenvalue weighted by Gasteiger charge is 2.69. The second-order valence-electron chi connectivity index (χ2n) is 17.7. The van der Waals surface area contributed by atoms with Gasteiger partial charge in [-0.1, -0.05) is 26.0 Å². The van der Waals surface area contributed by atoms with Crippen LogP contribution in [0.3, 0.4) is 0 Å². The molecule has 16 nitrogen and oxygen atoms in total. The normalized spacial score (nSPS) is 45.6. The molecule has 16 atom stereocenters. The third-order valence-electron chi connectivity index (χ3n) is 14.5. The molecule has 0 amide bonds. The van der Waals surface area contributed by atoms with Crippen molar-refractivity contribution in [2.75, 3.05) is 13.2 Å². The van der Waals surface area contributed by atoms with Crippen LogP contribution in [-0.4, -0.2) is 138 Å². The molecule has 6 fully saturated rings. The highest BCUT2D eigenvalue weighted by Crippen LogP contribution is 2.73. The maximum Gasteiger partial charge on any atom is 0.330 e. The van der Waals surface area contributed by atoms with Crippen molar-refractivity contribution < 1.29 is 79.2 Å². The van der Waals surface area contributed by atoms with Crippen LogP contribution >= 0.6 is 0 Å². The predicted molar refractivity (Wildman–Crippen MR) is 196 cm³/mol. The number of carbonyl (C=O) groups is 2. The van der Waals surface area contributed by atoms with Gasteiger partial charge in [0.25, 0.3) is 0 Å². The van der Waals surface area contributed by atoms with E-state index in [-0.39, 0.29) is 34.2 Å². The first-order valence-electron chi connectivity index (χ1n) is 19.8. The number of hydrogen-bond donors (Lipinski definition) is 9. The molecule has 1 aromatic carbocycles. The van der Waals surface area contributed by atoms with Crippen LogP contribution in [0.25, 0.3) is 6.08 Å². The van der Waals surface area contributed by atoms with Gasteiger partial charge in [-0.2, -0.15) is 0 Å². The summed E-state index contributed by atoms with van der Waals surface area (Å²) in [6.45, 7) is 7.42. The largest absolute Gasteiger partial charge is 0.504 e. The molecule has 9 N–H and O–H groups in total. The molecule has 0 aromatic heterocycles. The molecule has 16 heteroatoms. The summed E-state index contributed by atoms with van der Waals surface area (Å²) >= 11 is 0. The SMILES string of the molecule is C=C1C[C@@]23CC[C@H]4[C@@](C)(CCC[C@@]4(C)C(=O)O[C@@H]4O[C@H](COC(=O)C=Cc5ccc(O)c(O)c5)[C@@H](O)[C@H](O)[C@H]4O)[C@@H]2CC[C@]1(O[C@@H]1O[C@H](CO)[C@@H](O)[C@H](O)[C@H]1O)C3. The fourth-order valence-corrected chi connectivity index (χ4v) is 11.6. The smallest absolute Gasteiger partial charge is 0.330 e. The van der Waals surface area contributed by atoms with Crippen LogP contribution in [0.4, 0.5) is 0 Å². The van der Waals surface area contributed by atoms with Crippen LogP contribution in [0.1, 0.15) is 77.2 Å². The van der Waals surface area contributed by atoms with Crippen LogP contribution < -0.4 is 0 Å². The molecule has 2 saturated heterocycles. The van der Waals surface area contributed by atoms with Crippen molar-refractivity contribution >= 4 is 18.0 Å². The molecule has 2 heterocycles. The molecule has 7 rings (SSSR count). The minimum atomic E-state index is -1.79. The molecule has 0 radical (unpaired) electrons. The van der Waals surface area contributed by atoms with Crippen LogP contribution in [0, 0.1) is 28.1 Å². The van der Waals surface area contributed by atoms with Gasteiger partial charge in [-0.05, 0) is 110 Å². The number of rotatable bonds is 9. The number of aliphatic hydroxyl groups is 7. The quantitative estimate of drug-likeness (QED) is 0.0553. The summed E-state index contributed by atoms with van der Waals surface area (Å²) in [4.78, 5) is 26.8. The van der Waals surface area contributed by atoms with Crippen LogP contribution in [0.15, 0.2) is 36.4 Å². The van der Waals surface area contributed by atoms with Gasteiger partial charge in [-0.3, -0.25) is 4.79 Å². The third-order valence-corrected chi connectivity index (χ3v) is 14.5. The molecule has 6 aliphatic rings. The van der Waals surface area contributed by atoms with E-state index in [1.807, 2.05) is 6.92 Å². The van der Waals surface area contributed by atoms with E-state index in [0.29, 0.717) is 37.7 Å². The lowest BCUT2D eigenvalue weighted by molar-refractivity contribution is -0.327. The summed E-state index contributed by atoms with van der Waals surface area (Å²) in [5, 5.41) is 92.7. The van der Waals surface area contributed by atoms with Gasteiger partial charge in [-0.25, -0.2) is 4.79 Å². The van der Waals surface area contributed by atoms with Gasteiger partial charge in [0.15, 0.2) is 17.8 Å². The molecule has 2 bridgehead atoms. The Morgan fingerprint density at radius 1 is 0.842 bits per heavy atom. The summed E-state index contributed by atoms with van der Waals surface area (Å²) in [5.41, 5.74) is -1.11. The minimum absolute atomic E-state index is 0.120. The van der Waals surface area contributed by atoms with E-state index < -0.39 is 97.6 Å². The zero-order valence-corrected chi connectivity index (χ0v) is 32.2. The Morgan fingerprint density at radius 3 is 2.21 bits per heavy atom. The van der Waals surface area contributed by atoms with Gasteiger partial charge in [-0.15, -0.1) is 0 Å². The van der Waals surface area contributed by atoms with Crippen molar-refractivity contribution in [3.63, 3.8) is 0 Å². The number of aromatic hydroxyl groups is 2. The van der Waals surface area contributed by atoms with Crippen molar-refractivity contribution in [3.05, 3.63) is 42.0 Å². The molecule has 1 spiro atoms. The Labute approximate surface area is 330 Å². The Hall–Kier alpha value is -3.16. The molecule has 4 aliphatic carbocycles. The number of ether oxygens (including phenoxy) is 5. The number of carbonyl (C=O) groups excluding carboxylic acids is 2. The lowest BCUT2D eigenvalue weighted by Gasteiger charge is -2.64. The van der Waals surface area contributed by atoms with Crippen molar-refractivity contribution in [1.82, 2.24) is 0 Å². The lowest BCUT2D eigenvalue weighted by Crippen LogP contribution is -2.63. The van der Waals surface area contributed by atoms with E-state index in [1.54, 1.807) is 0 Å². The molecule has 316 valence electrons. The Bertz CT molecular complexity index is 1730. The molecular formula is C41H56O16. The van der Waals surface area contributed by atoms with Gasteiger partial charge < -0.3 is 69.6 Å². The highest BCUT2D eigenvalue weighted by atomic mass is 16.7. The van der Waals surface area contributed by atoms with Gasteiger partial charge in [0.05, 0.1) is 17.6 Å². The van der Waals surface area contributed by atoms with Crippen LogP contribution in [0.5, 0.6) is 11.5 Å². The molecular weight excluding hydrogens is 748 g/mol. The average molecular weight is 805 g/mol. The van der Waals surface area contributed by atoms with Gasteiger partial charge >= 0.3 is 11.9 Å². The van der Waals surface area contributed by atoms with Crippen molar-refractivity contribution in [2.24, 2.45) is 28.1 Å². The van der Waals surface area contributed by atoms with Crippen molar-refractivity contribution in [2.45, 2.75) is 139 Å². The standard InChI is InChI=1S/C41H56O16/c1-20-16-40-13-9-26-38(2,27(40)10-14-41(20,19-40)57-36-34(51)31(48)29(46)24(17-42)54-36)11-4-12-39(26,3)37(52)56-35-33(50)32(49)30(47)25(55-35)18-53-28(45)8-6-21-5-7-22(43)23(44)15-21/h5-8,15,24-27,29-36,42-44,46-51H,1,4,9-14,16-19H2,2-3H3/t24-,25-,26+,27+,29-,30-,31+,32+,33-,34-,35+,36+,38-,39-,40-,41+/m1/s1. The zero-order chi connectivity index (χ0) is 41.2. The van der Waals surface area contributed by atoms with Crippen molar-refractivity contribution in [1.29, 1.82) is 0 Å². The van der Waals surface area contributed by atoms with Gasteiger partial charge in [0.1, 0.15) is 55.4 Å². The van der Waals surface area contributed by atoms with E-state index in [2.05, 4.69) is 13.5 Å². The van der Waals surface area contributed by atoms with Gasteiger partial charge in [0, 0.05) is 6.08 Å². The first-order chi connectivity index (χ1) is 26.9. The fraction of sp³-hybridized carbons (Fsp3) is 0.707. The molecule has 4 saturated carbocycles. The zero-order valence-electron chi connectivity index (χ0n) is 32.2. The number of benzene rings is 1. The third kappa shape index (κ3) is 7.19. The summed E-state index contributed by atoms with van der Waals surface area (Å²) in [6.07, 6.45) is -6.74. The second-order valence-corrected chi connectivity index (χ2v) is 17.7. The summed E-state index contributed by atoms with van der Waals surface area (Å²) < 4.78 is 29.1. The van der Waals surface area contributed by atoms with Crippen molar-refractivity contribution in [3.8, 4) is 11.5 Å². The first kappa shape index (κ1) is 42.0. The number of esters is 2. The van der Waals surface area contributed by atoms with E-state index >= 15 is 0 Å². The number of aliphatic hydroxyl groups excluding tert-OH is 7. The Balaban J connectivity index is 1.02. The molecule has 57 heavy (non-hydrogen) atoms. The average Bonchev–Trinajstić information content (AvgIpc) is 3.37. The summed E-state index contributed by atoms with van der Waals surface area (Å²) in [6, 6.07) is 3.95. The monoisotopic (exact) mass is 804 g/mol. The summed E-state index contributed by atoms with van der Waals surface area (Å²) in [5.74, 6) is -2.10. The Morgan fingerprint density at radius 2 is 1.51 bits per heavy atom. The second kappa shape index (κ2) is 15.5. The maximum absolute atomic E-state index is 14.3. The van der Waals surface area contributed by atoms with Crippen LogP contribution in [-0.2, 0) is 33.3 Å². The number of phenolic OH excluding ortho intramolecular Hbond substituents is 2. The maximum atomic E-state index is 14.3. The molecule has 1 aromatic rings. The number of phenols is 2. The predicted octanol–water partition coefficient (Wildman–Crippen LogP) is 0.913. The van der Waals surface area contributed by atoms with Crippen LogP contribution in [0.2, 0.25) is 0 Å². The minimum Gasteiger partial charge on any atom is -0.504 e. The molecule has 2 aliphatic heterocycles. The molecule has 0 unspecified atom stereocenters. The van der Waals surface area contributed by atoms with E-state index in [0.717, 1.165) is 37.3 Å². The number of hydrogen-bond acceptors (Lipinski definition) is 16. The fourth-order valence-electron chi connectivity index (χ4n) is 11.6. The van der Waals surface area contributed by atoms with E-state index in [1.165, 1.54) is 24.3 Å². The van der Waals surface area contributed by atoms with E-state index in [4.69, 9.17) is 23.7 Å². The summed E-state index contributed by atoms with van der Waals surface area (Å²) in [7, 11) is 0.